The average molecular weight is 522 g/mol. The van der Waals surface area contributed by atoms with Gasteiger partial charge in [-0.15, -0.1) is 0 Å². The molecule has 0 spiro atoms. The van der Waals surface area contributed by atoms with Crippen LogP contribution >= 0.6 is 34.2 Å². The second kappa shape index (κ2) is 9.20. The number of hydrogen-bond donors (Lipinski definition) is 1. The zero-order chi connectivity index (χ0) is 21.0. The molecule has 0 fully saturated rings. The van der Waals surface area contributed by atoms with E-state index >= 15 is 0 Å². The van der Waals surface area contributed by atoms with Crippen LogP contribution < -0.4 is 10.1 Å². The van der Waals surface area contributed by atoms with Crippen LogP contribution in [0.1, 0.15) is 21.5 Å². The van der Waals surface area contributed by atoms with Crippen molar-refractivity contribution in [2.24, 2.45) is 0 Å². The first-order valence-corrected chi connectivity index (χ1v) is 9.85. The van der Waals surface area contributed by atoms with Crippen LogP contribution in [-0.2, 0) is 6.54 Å². The molecule has 8 heteroatoms. The molecule has 0 saturated carbocycles. The van der Waals surface area contributed by atoms with Gasteiger partial charge in [0.2, 0.25) is 0 Å². The Hall–Kier alpha value is -2.70. The fourth-order valence-electron chi connectivity index (χ4n) is 2.70. The second-order valence-corrected chi connectivity index (χ2v) is 7.52. The van der Waals surface area contributed by atoms with E-state index < -0.39 is 11.7 Å². The smallest absolute Gasteiger partial charge is 0.255 e. The fraction of sp³-hybridized carbons (Fsp3) is 0.0952. The second-order valence-electron chi connectivity index (χ2n) is 5.98. The van der Waals surface area contributed by atoms with Crippen LogP contribution in [-0.4, -0.2) is 18.0 Å². The molecule has 5 nitrogen and oxygen atoms in total. The Labute approximate surface area is 185 Å². The number of nitrogens with one attached hydrogen (secondary N) is 1. The Balaban J connectivity index is 1.76. The number of halogens is 3. The summed E-state index contributed by atoms with van der Waals surface area (Å²) in [6.45, 7) is 0.241. The van der Waals surface area contributed by atoms with Gasteiger partial charge >= 0.3 is 0 Å². The third kappa shape index (κ3) is 4.66. The summed E-state index contributed by atoms with van der Waals surface area (Å²) in [6.07, 6.45) is 1.61. The highest BCUT2D eigenvalue weighted by Gasteiger charge is 2.15. The molecule has 0 unspecified atom stereocenters. The SMILES string of the molecule is COc1ccc(F)cc1C(=O)NCc1ccc(-c2ncc(I)c(Cl)c2C#N)cc1. The predicted octanol–water partition coefficient (Wildman–Crippen LogP) is 4.96. The number of rotatable bonds is 5. The molecule has 3 aromatic rings. The number of carbonyl (C=O) groups is 1. The van der Waals surface area contributed by atoms with Crippen LogP contribution in [0.4, 0.5) is 4.39 Å². The van der Waals surface area contributed by atoms with Crippen molar-refractivity contribution in [3.8, 4) is 23.1 Å². The van der Waals surface area contributed by atoms with E-state index in [2.05, 4.69) is 16.4 Å². The third-order valence-corrected chi connectivity index (χ3v) is 5.70. The zero-order valence-corrected chi connectivity index (χ0v) is 18.1. The minimum atomic E-state index is -0.516. The topological polar surface area (TPSA) is 75.0 Å². The highest BCUT2D eigenvalue weighted by atomic mass is 127. The summed E-state index contributed by atoms with van der Waals surface area (Å²) in [4.78, 5) is 16.7. The lowest BCUT2D eigenvalue weighted by Crippen LogP contribution is -2.23. The van der Waals surface area contributed by atoms with Gasteiger partial charge in [-0.3, -0.25) is 9.78 Å². The monoisotopic (exact) mass is 521 g/mol. The number of ether oxygens (including phenoxy) is 1. The molecular formula is C21H14ClFIN3O2. The van der Waals surface area contributed by atoms with Crippen LogP contribution in [0.5, 0.6) is 5.75 Å². The quantitative estimate of drug-likeness (QED) is 0.482. The first-order valence-electron chi connectivity index (χ1n) is 8.39. The molecule has 1 aromatic heterocycles. The van der Waals surface area contributed by atoms with Gasteiger partial charge in [0.25, 0.3) is 5.91 Å². The number of nitriles is 1. The average Bonchev–Trinajstić information content (AvgIpc) is 2.74. The van der Waals surface area contributed by atoms with Gasteiger partial charge in [0.05, 0.1) is 32.5 Å². The summed E-state index contributed by atoms with van der Waals surface area (Å²) in [7, 11) is 1.42. The number of aromatic nitrogens is 1. The summed E-state index contributed by atoms with van der Waals surface area (Å²) in [5.74, 6) is -0.662. The molecule has 29 heavy (non-hydrogen) atoms. The molecule has 0 saturated heterocycles. The van der Waals surface area contributed by atoms with Crippen molar-refractivity contribution in [2.75, 3.05) is 7.11 Å². The summed E-state index contributed by atoms with van der Waals surface area (Å²) in [5, 5.41) is 12.5. The van der Waals surface area contributed by atoms with Crippen molar-refractivity contribution in [3.63, 3.8) is 0 Å². The van der Waals surface area contributed by atoms with Crippen LogP contribution in [0.25, 0.3) is 11.3 Å². The minimum Gasteiger partial charge on any atom is -0.496 e. The maximum absolute atomic E-state index is 13.5. The number of benzene rings is 2. The van der Waals surface area contributed by atoms with Gasteiger partial charge in [0.15, 0.2) is 0 Å². The van der Waals surface area contributed by atoms with E-state index in [4.69, 9.17) is 16.3 Å². The number of carbonyl (C=O) groups excluding carboxylic acids is 1. The molecule has 146 valence electrons. The summed E-state index contributed by atoms with van der Waals surface area (Å²) in [5.41, 5.74) is 2.51. The Morgan fingerprint density at radius 1 is 1.31 bits per heavy atom. The minimum absolute atomic E-state index is 0.125. The molecule has 0 aliphatic heterocycles. The first-order chi connectivity index (χ1) is 13.9. The largest absolute Gasteiger partial charge is 0.496 e. The van der Waals surface area contributed by atoms with Gasteiger partial charge in [0, 0.05) is 18.3 Å². The maximum atomic E-state index is 13.5. The molecule has 1 amide bonds. The van der Waals surface area contributed by atoms with E-state index in [-0.39, 0.29) is 12.1 Å². The highest BCUT2D eigenvalue weighted by molar-refractivity contribution is 14.1. The van der Waals surface area contributed by atoms with E-state index in [0.717, 1.165) is 17.2 Å². The molecule has 0 aliphatic carbocycles. The molecular weight excluding hydrogens is 508 g/mol. The highest BCUT2D eigenvalue weighted by Crippen LogP contribution is 2.30. The van der Waals surface area contributed by atoms with Crippen molar-refractivity contribution in [2.45, 2.75) is 6.54 Å². The van der Waals surface area contributed by atoms with Gasteiger partial charge in [0.1, 0.15) is 17.6 Å². The van der Waals surface area contributed by atoms with E-state index in [1.807, 2.05) is 34.7 Å². The van der Waals surface area contributed by atoms with Gasteiger partial charge in [-0.2, -0.15) is 5.26 Å². The van der Waals surface area contributed by atoms with E-state index in [1.54, 1.807) is 18.3 Å². The maximum Gasteiger partial charge on any atom is 0.255 e. The van der Waals surface area contributed by atoms with Gasteiger partial charge < -0.3 is 10.1 Å². The van der Waals surface area contributed by atoms with E-state index in [1.165, 1.54) is 19.2 Å². The van der Waals surface area contributed by atoms with Crippen LogP contribution in [0.2, 0.25) is 5.02 Å². The fourth-order valence-corrected chi connectivity index (χ4v) is 3.29. The molecule has 0 bridgehead atoms. The lowest BCUT2D eigenvalue weighted by Gasteiger charge is -2.10. The van der Waals surface area contributed by atoms with Crippen molar-refractivity contribution >= 4 is 40.1 Å². The third-order valence-electron chi connectivity index (χ3n) is 4.17. The van der Waals surface area contributed by atoms with Crippen LogP contribution in [0, 0.1) is 20.7 Å². The lowest BCUT2D eigenvalue weighted by molar-refractivity contribution is 0.0947. The molecule has 0 atom stereocenters. The predicted molar refractivity (Wildman–Crippen MR) is 116 cm³/mol. The standard InChI is InChI=1S/C21H14ClFIN3O2/c1-29-18-7-6-14(23)8-15(18)21(28)27-10-12-2-4-13(5-3-12)20-16(9-25)19(22)17(24)11-26-20/h2-8,11H,10H2,1H3,(H,27,28). The molecule has 1 N–H and O–H groups in total. The molecule has 0 aliphatic rings. The Kier molecular flexibility index (Phi) is 6.67. The number of pyridine rings is 1. The van der Waals surface area contributed by atoms with Gasteiger partial charge in [-0.25, -0.2) is 4.39 Å². The summed E-state index contributed by atoms with van der Waals surface area (Å²) < 4.78 is 19.3. The van der Waals surface area contributed by atoms with Crippen LogP contribution in [0.3, 0.4) is 0 Å². The van der Waals surface area contributed by atoms with Crippen LogP contribution in [0.15, 0.2) is 48.7 Å². The first kappa shape index (κ1) is 21.0. The Morgan fingerprint density at radius 3 is 2.69 bits per heavy atom. The number of amides is 1. The normalized spacial score (nSPS) is 10.3. The van der Waals surface area contributed by atoms with E-state index in [0.29, 0.717) is 25.6 Å². The van der Waals surface area contributed by atoms with Crippen molar-refractivity contribution in [1.82, 2.24) is 10.3 Å². The van der Waals surface area contributed by atoms with Crippen molar-refractivity contribution in [1.29, 1.82) is 5.26 Å². The summed E-state index contributed by atoms with van der Waals surface area (Å²) in [6, 6.07) is 13.1. The lowest BCUT2D eigenvalue weighted by atomic mass is 10.0. The number of hydrogen-bond acceptors (Lipinski definition) is 4. The summed E-state index contributed by atoms with van der Waals surface area (Å²) >= 11 is 8.23. The van der Waals surface area contributed by atoms with Gasteiger partial charge in [-0.1, -0.05) is 35.9 Å². The number of nitrogens with zero attached hydrogens (tertiary/aromatic N) is 2. The van der Waals surface area contributed by atoms with Gasteiger partial charge in [-0.05, 0) is 46.4 Å². The number of methoxy groups -OCH3 is 1. The molecule has 3 rings (SSSR count). The van der Waals surface area contributed by atoms with E-state index in [9.17, 15) is 14.4 Å². The molecule has 2 aromatic carbocycles. The molecule has 0 radical (unpaired) electrons. The zero-order valence-electron chi connectivity index (χ0n) is 15.2. The van der Waals surface area contributed by atoms with Crippen molar-refractivity contribution in [3.05, 3.63) is 79.8 Å². The van der Waals surface area contributed by atoms with Crippen molar-refractivity contribution < 1.29 is 13.9 Å². The molecule has 1 heterocycles. The Morgan fingerprint density at radius 2 is 2.03 bits per heavy atom. The Bertz CT molecular complexity index is 1110.